The number of ether oxygens (including phenoxy) is 1. The molecule has 0 spiro atoms. The van der Waals surface area contributed by atoms with E-state index in [1.165, 1.54) is 15.8 Å². The summed E-state index contributed by atoms with van der Waals surface area (Å²) in [5, 5.41) is 1.12. The van der Waals surface area contributed by atoms with E-state index in [1.807, 2.05) is 6.92 Å². The molecule has 0 fully saturated rings. The zero-order chi connectivity index (χ0) is 21.1. The topological polar surface area (TPSA) is 67.7 Å². The molecular weight excluding hydrogens is 427 g/mol. The van der Waals surface area contributed by atoms with Crippen molar-refractivity contribution in [3.8, 4) is 5.75 Å². The third-order valence-electron chi connectivity index (χ3n) is 3.27. The molecule has 0 radical (unpaired) electrons. The van der Waals surface area contributed by atoms with E-state index in [9.17, 15) is 9.59 Å². The Balaban J connectivity index is 0.000000696. The minimum absolute atomic E-state index is 0.152. The average molecular weight is 450 g/mol. The lowest BCUT2D eigenvalue weighted by atomic mass is 10.3. The van der Waals surface area contributed by atoms with E-state index in [0.717, 1.165) is 12.8 Å². The van der Waals surface area contributed by atoms with E-state index in [4.69, 9.17) is 39.5 Å². The van der Waals surface area contributed by atoms with Gasteiger partial charge in [-0.15, -0.1) is 0 Å². The van der Waals surface area contributed by atoms with Gasteiger partial charge in [0.2, 0.25) is 6.41 Å². The molecule has 1 heterocycles. The summed E-state index contributed by atoms with van der Waals surface area (Å²) in [6, 6.07) is 2.97. The second-order valence-corrected chi connectivity index (χ2v) is 7.11. The van der Waals surface area contributed by atoms with Gasteiger partial charge in [-0.2, -0.15) is 0 Å². The predicted molar refractivity (Wildman–Crippen MR) is 112 cm³/mol. The van der Waals surface area contributed by atoms with Gasteiger partial charge in [0.1, 0.15) is 12.9 Å². The van der Waals surface area contributed by atoms with Crippen molar-refractivity contribution in [3.63, 3.8) is 0 Å². The van der Waals surface area contributed by atoms with Crippen molar-refractivity contribution < 1.29 is 14.3 Å². The zero-order valence-corrected chi connectivity index (χ0v) is 18.2. The van der Waals surface area contributed by atoms with Crippen LogP contribution < -0.4 is 4.74 Å². The number of halogens is 3. The molecule has 0 aliphatic carbocycles. The van der Waals surface area contributed by atoms with E-state index in [-0.39, 0.29) is 12.6 Å². The minimum atomic E-state index is -0.152. The van der Waals surface area contributed by atoms with Crippen LogP contribution in [0.1, 0.15) is 13.3 Å². The molecule has 0 aliphatic heterocycles. The molecule has 7 nitrogen and oxygen atoms in total. The lowest BCUT2D eigenvalue weighted by Gasteiger charge is -2.22. The van der Waals surface area contributed by atoms with Crippen LogP contribution in [-0.4, -0.2) is 65.6 Å². The number of benzene rings is 1. The summed E-state index contributed by atoms with van der Waals surface area (Å²) >= 11 is 18.0. The predicted octanol–water partition coefficient (Wildman–Crippen LogP) is 4.31. The van der Waals surface area contributed by atoms with Crippen LogP contribution >= 0.6 is 34.8 Å². The van der Waals surface area contributed by atoms with Crippen molar-refractivity contribution in [2.45, 2.75) is 13.3 Å². The van der Waals surface area contributed by atoms with Gasteiger partial charge in [0, 0.05) is 38.1 Å². The Morgan fingerprint density at radius 3 is 2.29 bits per heavy atom. The maximum absolute atomic E-state index is 12.3. The molecule has 2 aromatic rings. The van der Waals surface area contributed by atoms with Crippen LogP contribution in [-0.2, 0) is 4.79 Å². The van der Waals surface area contributed by atoms with Crippen molar-refractivity contribution in [1.29, 1.82) is 0 Å². The fourth-order valence-corrected chi connectivity index (χ4v) is 2.96. The van der Waals surface area contributed by atoms with Gasteiger partial charge in [-0.1, -0.05) is 41.7 Å². The van der Waals surface area contributed by atoms with Gasteiger partial charge < -0.3 is 14.5 Å². The van der Waals surface area contributed by atoms with Crippen LogP contribution in [0.5, 0.6) is 5.75 Å². The van der Waals surface area contributed by atoms with Crippen LogP contribution in [0.4, 0.5) is 4.79 Å². The summed E-state index contributed by atoms with van der Waals surface area (Å²) in [6.45, 7) is 3.28. The maximum Gasteiger partial charge on any atom is 0.329 e. The maximum atomic E-state index is 12.3. The molecule has 0 saturated carbocycles. The summed E-state index contributed by atoms with van der Waals surface area (Å²) in [7, 11) is 3.38. The number of carbonyl (C=O) groups excluding carboxylic acids is 2. The lowest BCUT2D eigenvalue weighted by Crippen LogP contribution is -2.37. The van der Waals surface area contributed by atoms with Crippen molar-refractivity contribution in [2.75, 3.05) is 33.8 Å². The third kappa shape index (κ3) is 7.96. The molecule has 0 atom stereocenters. The number of hydrogen-bond donors (Lipinski definition) is 0. The highest BCUT2D eigenvalue weighted by atomic mass is 35.5. The molecule has 0 N–H and O–H groups in total. The van der Waals surface area contributed by atoms with Gasteiger partial charge in [-0.3, -0.25) is 9.36 Å². The first-order valence-corrected chi connectivity index (χ1v) is 9.59. The first-order chi connectivity index (χ1) is 13.3. The molecular formula is C18H23Cl3N4O3. The lowest BCUT2D eigenvalue weighted by molar-refractivity contribution is -0.115. The van der Waals surface area contributed by atoms with Crippen LogP contribution in [0, 0.1) is 0 Å². The highest BCUT2D eigenvalue weighted by molar-refractivity contribution is 6.40. The SMILES string of the molecule is CCCN(CCOc1c(Cl)cc(Cl)cc1Cl)C(=O)n1ccnc1.CN(C)C=O. The molecule has 0 unspecified atom stereocenters. The molecule has 0 aliphatic rings. The smallest absolute Gasteiger partial charge is 0.329 e. The van der Waals surface area contributed by atoms with Crippen LogP contribution in [0.2, 0.25) is 15.1 Å². The Hall–Kier alpha value is -1.96. The fraction of sp³-hybridized carbons (Fsp3) is 0.389. The monoisotopic (exact) mass is 448 g/mol. The Bertz CT molecular complexity index is 732. The van der Waals surface area contributed by atoms with E-state index in [1.54, 1.807) is 43.5 Å². The molecule has 154 valence electrons. The molecule has 2 rings (SSSR count). The molecule has 1 aromatic carbocycles. The number of amides is 2. The summed E-state index contributed by atoms with van der Waals surface area (Å²) in [5.41, 5.74) is 0. The second kappa shape index (κ2) is 12.5. The largest absolute Gasteiger partial charge is 0.489 e. The average Bonchev–Trinajstić information content (AvgIpc) is 3.17. The number of aromatic nitrogens is 2. The first-order valence-electron chi connectivity index (χ1n) is 8.46. The summed E-state index contributed by atoms with van der Waals surface area (Å²) in [6.07, 6.45) is 6.23. The Kier molecular flexibility index (Phi) is 10.7. The number of hydrogen-bond acceptors (Lipinski definition) is 4. The highest BCUT2D eigenvalue weighted by Crippen LogP contribution is 2.35. The van der Waals surface area contributed by atoms with Gasteiger partial charge in [0.05, 0.1) is 16.6 Å². The van der Waals surface area contributed by atoms with Crippen LogP contribution in [0.15, 0.2) is 30.9 Å². The van der Waals surface area contributed by atoms with E-state index >= 15 is 0 Å². The molecule has 0 saturated heterocycles. The Morgan fingerprint density at radius 1 is 1.21 bits per heavy atom. The minimum Gasteiger partial charge on any atom is -0.489 e. The Morgan fingerprint density at radius 2 is 1.82 bits per heavy atom. The van der Waals surface area contributed by atoms with Crippen molar-refractivity contribution in [2.24, 2.45) is 0 Å². The van der Waals surface area contributed by atoms with E-state index in [0.29, 0.717) is 33.9 Å². The normalized spacial score (nSPS) is 9.93. The fourth-order valence-electron chi connectivity index (χ4n) is 2.03. The van der Waals surface area contributed by atoms with Gasteiger partial charge in [0.25, 0.3) is 0 Å². The van der Waals surface area contributed by atoms with Crippen LogP contribution in [0.25, 0.3) is 0 Å². The molecule has 2 amide bonds. The number of imidazole rings is 1. The van der Waals surface area contributed by atoms with Gasteiger partial charge in [0.15, 0.2) is 5.75 Å². The third-order valence-corrected chi connectivity index (χ3v) is 4.05. The Labute approximate surface area is 179 Å². The van der Waals surface area contributed by atoms with Crippen molar-refractivity contribution in [1.82, 2.24) is 19.4 Å². The zero-order valence-electron chi connectivity index (χ0n) is 15.9. The van der Waals surface area contributed by atoms with Gasteiger partial charge >= 0.3 is 6.03 Å². The summed E-state index contributed by atoms with van der Waals surface area (Å²) < 4.78 is 7.05. The summed E-state index contributed by atoms with van der Waals surface area (Å²) in [4.78, 5) is 28.8. The summed E-state index contributed by atoms with van der Waals surface area (Å²) in [5.74, 6) is 0.365. The number of nitrogens with zero attached hydrogens (tertiary/aromatic N) is 4. The quantitative estimate of drug-likeness (QED) is 0.591. The standard InChI is InChI=1S/C15H16Cl3N3O2.C3H7NO/c1-2-4-20(15(22)21-5-3-19-10-21)6-7-23-14-12(17)8-11(16)9-13(14)18;1-4(2)3-5/h3,5,8-10H,2,4,6-7H2,1H3;3H,1-2H3. The van der Waals surface area contributed by atoms with E-state index < -0.39 is 0 Å². The number of rotatable bonds is 7. The highest BCUT2D eigenvalue weighted by Gasteiger charge is 2.15. The molecule has 0 bridgehead atoms. The van der Waals surface area contributed by atoms with Crippen molar-refractivity contribution in [3.05, 3.63) is 45.9 Å². The van der Waals surface area contributed by atoms with Crippen LogP contribution in [0.3, 0.4) is 0 Å². The number of carbonyl (C=O) groups is 2. The second-order valence-electron chi connectivity index (χ2n) is 5.86. The molecule has 28 heavy (non-hydrogen) atoms. The van der Waals surface area contributed by atoms with E-state index in [2.05, 4.69) is 4.98 Å². The molecule has 1 aromatic heterocycles. The van der Waals surface area contributed by atoms with Gasteiger partial charge in [-0.05, 0) is 18.6 Å². The van der Waals surface area contributed by atoms with Gasteiger partial charge in [-0.25, -0.2) is 9.78 Å². The molecule has 10 heteroatoms. The first kappa shape index (κ1) is 24.1. The van der Waals surface area contributed by atoms with Crippen molar-refractivity contribution >= 4 is 47.2 Å².